The van der Waals surface area contributed by atoms with E-state index in [-0.39, 0.29) is 11.3 Å². The van der Waals surface area contributed by atoms with E-state index in [9.17, 15) is 4.79 Å². The Balaban J connectivity index is 1.82. The van der Waals surface area contributed by atoms with Gasteiger partial charge >= 0.3 is 0 Å². The van der Waals surface area contributed by atoms with Gasteiger partial charge < -0.3 is 15.0 Å². The summed E-state index contributed by atoms with van der Waals surface area (Å²) in [6.07, 6.45) is 4.20. The maximum atomic E-state index is 12.3. The minimum absolute atomic E-state index is 0.0552. The number of ether oxygens (including phenoxy) is 1. The standard InChI is InChI=1S/C22H24N2O2/c1-15-8-9-19-18(12-15)21(2,3)22(23-20(25)14-24(19)22)11-10-16-6-5-7-17(13-16)26-4/h5-13H,14H2,1-4H3,(H,23,25). The molecule has 0 bridgehead atoms. The minimum Gasteiger partial charge on any atom is -0.497 e. The van der Waals surface area contributed by atoms with Crippen molar-refractivity contribution in [2.75, 3.05) is 18.6 Å². The lowest BCUT2D eigenvalue weighted by Crippen LogP contribution is -2.58. The zero-order chi connectivity index (χ0) is 18.5. The van der Waals surface area contributed by atoms with Crippen molar-refractivity contribution in [3.8, 4) is 5.75 Å². The van der Waals surface area contributed by atoms with Crippen LogP contribution >= 0.6 is 0 Å². The van der Waals surface area contributed by atoms with Gasteiger partial charge in [0.2, 0.25) is 5.91 Å². The topological polar surface area (TPSA) is 41.6 Å². The van der Waals surface area contributed by atoms with Gasteiger partial charge in [0.05, 0.1) is 13.7 Å². The van der Waals surface area contributed by atoms with E-state index < -0.39 is 5.66 Å². The predicted molar refractivity (Wildman–Crippen MR) is 104 cm³/mol. The Morgan fingerprint density at radius 3 is 2.77 bits per heavy atom. The van der Waals surface area contributed by atoms with Crippen LogP contribution in [0.15, 0.2) is 48.5 Å². The van der Waals surface area contributed by atoms with E-state index in [0.29, 0.717) is 6.54 Å². The van der Waals surface area contributed by atoms with Gasteiger partial charge in [0.15, 0.2) is 0 Å². The van der Waals surface area contributed by atoms with Crippen molar-refractivity contribution in [1.29, 1.82) is 0 Å². The van der Waals surface area contributed by atoms with E-state index in [1.807, 2.05) is 24.3 Å². The van der Waals surface area contributed by atoms with Gasteiger partial charge in [-0.1, -0.05) is 49.8 Å². The molecule has 0 radical (unpaired) electrons. The normalized spacial score (nSPS) is 23.1. The Morgan fingerprint density at radius 2 is 2.00 bits per heavy atom. The first-order chi connectivity index (χ1) is 12.4. The van der Waals surface area contributed by atoms with Crippen molar-refractivity contribution < 1.29 is 9.53 Å². The molecule has 0 aromatic heterocycles. The number of fused-ring (bicyclic) bond motifs is 3. The first kappa shape index (κ1) is 16.7. The van der Waals surface area contributed by atoms with Crippen LogP contribution in [0.5, 0.6) is 5.75 Å². The molecule has 1 N–H and O–H groups in total. The molecule has 4 nitrogen and oxygen atoms in total. The molecule has 2 heterocycles. The molecule has 0 saturated carbocycles. The average Bonchev–Trinajstić information content (AvgIpc) is 3.05. The second-order valence-electron chi connectivity index (χ2n) is 7.66. The van der Waals surface area contributed by atoms with Crippen molar-refractivity contribution in [1.82, 2.24) is 5.32 Å². The third-order valence-corrected chi connectivity index (χ3v) is 5.74. The number of carbonyl (C=O) groups is 1. The van der Waals surface area contributed by atoms with Gasteiger partial charge in [0, 0.05) is 11.1 Å². The van der Waals surface area contributed by atoms with Gasteiger partial charge in [0.1, 0.15) is 11.4 Å². The second kappa shape index (κ2) is 5.63. The molecule has 1 atom stereocenters. The van der Waals surface area contributed by atoms with Crippen LogP contribution in [-0.2, 0) is 10.2 Å². The molecule has 2 aliphatic rings. The highest BCUT2D eigenvalue weighted by Gasteiger charge is 2.59. The summed E-state index contributed by atoms with van der Waals surface area (Å²) in [5.41, 5.74) is 3.86. The zero-order valence-electron chi connectivity index (χ0n) is 15.7. The summed E-state index contributed by atoms with van der Waals surface area (Å²) in [4.78, 5) is 14.5. The molecule has 134 valence electrons. The molecule has 4 heteroatoms. The lowest BCUT2D eigenvalue weighted by atomic mass is 9.75. The summed E-state index contributed by atoms with van der Waals surface area (Å²) < 4.78 is 5.32. The summed E-state index contributed by atoms with van der Waals surface area (Å²) >= 11 is 0. The zero-order valence-corrected chi connectivity index (χ0v) is 15.7. The highest BCUT2D eigenvalue weighted by Crippen LogP contribution is 2.53. The van der Waals surface area contributed by atoms with Crippen molar-refractivity contribution in [3.05, 3.63) is 65.2 Å². The summed E-state index contributed by atoms with van der Waals surface area (Å²) in [7, 11) is 1.67. The maximum Gasteiger partial charge on any atom is 0.241 e. The largest absolute Gasteiger partial charge is 0.497 e. The highest BCUT2D eigenvalue weighted by molar-refractivity contribution is 5.91. The number of nitrogens with zero attached hydrogens (tertiary/aromatic N) is 1. The molecule has 1 fully saturated rings. The number of methoxy groups -OCH3 is 1. The van der Waals surface area contributed by atoms with Crippen LogP contribution in [-0.4, -0.2) is 25.2 Å². The Bertz CT molecular complexity index is 916. The molecule has 2 aliphatic heterocycles. The fourth-order valence-electron chi connectivity index (χ4n) is 4.25. The SMILES string of the molecule is COc1cccc(C=CC23NC(=O)CN2c2ccc(C)cc2C3(C)C)c1. The van der Waals surface area contributed by atoms with E-state index in [4.69, 9.17) is 4.74 Å². The van der Waals surface area contributed by atoms with E-state index in [1.54, 1.807) is 7.11 Å². The van der Waals surface area contributed by atoms with Gasteiger partial charge in [-0.15, -0.1) is 0 Å². The number of carbonyl (C=O) groups excluding carboxylic acids is 1. The number of nitrogens with one attached hydrogen (secondary N) is 1. The van der Waals surface area contributed by atoms with E-state index >= 15 is 0 Å². The van der Waals surface area contributed by atoms with Crippen molar-refractivity contribution in [3.63, 3.8) is 0 Å². The van der Waals surface area contributed by atoms with Gasteiger partial charge in [-0.25, -0.2) is 0 Å². The van der Waals surface area contributed by atoms with Crippen LogP contribution in [0.25, 0.3) is 6.08 Å². The molecule has 0 spiro atoms. The van der Waals surface area contributed by atoms with Gasteiger partial charge in [-0.05, 0) is 42.3 Å². The first-order valence-corrected chi connectivity index (χ1v) is 8.90. The summed E-state index contributed by atoms with van der Waals surface area (Å²) in [5, 5.41) is 3.25. The van der Waals surface area contributed by atoms with Crippen LogP contribution in [0.3, 0.4) is 0 Å². The number of hydrogen-bond donors (Lipinski definition) is 1. The molecule has 26 heavy (non-hydrogen) atoms. The van der Waals surface area contributed by atoms with Crippen molar-refractivity contribution >= 4 is 17.7 Å². The number of rotatable bonds is 3. The molecule has 1 amide bonds. The van der Waals surface area contributed by atoms with Gasteiger partial charge in [-0.2, -0.15) is 0 Å². The number of anilines is 1. The monoisotopic (exact) mass is 348 g/mol. The van der Waals surface area contributed by atoms with Crippen LogP contribution in [0.4, 0.5) is 5.69 Å². The molecule has 1 saturated heterocycles. The van der Waals surface area contributed by atoms with Crippen molar-refractivity contribution in [2.24, 2.45) is 0 Å². The fraction of sp³-hybridized carbons (Fsp3) is 0.318. The fourth-order valence-corrected chi connectivity index (χ4v) is 4.25. The Hall–Kier alpha value is -2.75. The molecular formula is C22H24N2O2. The Morgan fingerprint density at radius 1 is 1.19 bits per heavy atom. The number of aryl methyl sites for hydroxylation is 1. The van der Waals surface area contributed by atoms with Gasteiger partial charge in [0.25, 0.3) is 0 Å². The van der Waals surface area contributed by atoms with Crippen LogP contribution in [0, 0.1) is 6.92 Å². The number of amides is 1. The number of hydrogen-bond acceptors (Lipinski definition) is 3. The van der Waals surface area contributed by atoms with E-state index in [1.165, 1.54) is 11.1 Å². The second-order valence-corrected chi connectivity index (χ2v) is 7.66. The molecule has 2 aromatic carbocycles. The average molecular weight is 348 g/mol. The molecule has 4 rings (SSSR count). The lowest BCUT2D eigenvalue weighted by Gasteiger charge is -2.40. The molecule has 0 aliphatic carbocycles. The smallest absolute Gasteiger partial charge is 0.241 e. The molecule has 1 unspecified atom stereocenters. The van der Waals surface area contributed by atoms with Crippen LogP contribution < -0.4 is 15.0 Å². The number of benzene rings is 2. The van der Waals surface area contributed by atoms with Gasteiger partial charge in [-0.3, -0.25) is 4.79 Å². The summed E-state index contributed by atoms with van der Waals surface area (Å²) in [6, 6.07) is 14.4. The third kappa shape index (κ3) is 2.25. The summed E-state index contributed by atoms with van der Waals surface area (Å²) in [5.74, 6) is 0.876. The maximum absolute atomic E-state index is 12.3. The highest BCUT2D eigenvalue weighted by atomic mass is 16.5. The quantitative estimate of drug-likeness (QED) is 0.921. The molecular weight excluding hydrogens is 324 g/mol. The molecule has 2 aromatic rings. The summed E-state index contributed by atoms with van der Waals surface area (Å²) in [6.45, 7) is 6.89. The Kier molecular flexibility index (Phi) is 3.62. The van der Waals surface area contributed by atoms with Crippen LogP contribution in [0.2, 0.25) is 0 Å². The van der Waals surface area contributed by atoms with E-state index in [0.717, 1.165) is 17.0 Å². The minimum atomic E-state index is -0.566. The predicted octanol–water partition coefficient (Wildman–Crippen LogP) is 3.64. The van der Waals surface area contributed by atoms with E-state index in [2.05, 4.69) is 61.3 Å². The van der Waals surface area contributed by atoms with Crippen molar-refractivity contribution in [2.45, 2.75) is 31.8 Å². The van der Waals surface area contributed by atoms with Crippen LogP contribution in [0.1, 0.15) is 30.5 Å². The first-order valence-electron chi connectivity index (χ1n) is 8.90. The lowest BCUT2D eigenvalue weighted by molar-refractivity contribution is -0.118. The third-order valence-electron chi connectivity index (χ3n) is 5.74. The Labute approximate surface area is 154 Å².